The van der Waals surface area contributed by atoms with Crippen molar-refractivity contribution in [1.29, 1.82) is 0 Å². The number of para-hydroxylation sites is 1. The third-order valence-corrected chi connectivity index (χ3v) is 3.98. The number of pyridine rings is 2. The Morgan fingerprint density at radius 2 is 2.00 bits per heavy atom. The number of hydrogen-bond donors (Lipinski definition) is 2. The fraction of sp³-hybridized carbons (Fsp3) is 0.250. The number of carbonyl (C=O) groups is 1. The van der Waals surface area contributed by atoms with E-state index in [1.165, 1.54) is 0 Å². The highest BCUT2D eigenvalue weighted by molar-refractivity contribution is 5.96. The number of nitrogens with zero attached hydrogens (tertiary/aromatic N) is 2. The van der Waals surface area contributed by atoms with Gasteiger partial charge in [0.2, 0.25) is 0 Å². The van der Waals surface area contributed by atoms with Gasteiger partial charge < -0.3 is 10.6 Å². The van der Waals surface area contributed by atoms with Crippen LogP contribution in [-0.2, 0) is 0 Å². The molecule has 0 saturated carbocycles. The van der Waals surface area contributed by atoms with Gasteiger partial charge in [-0.3, -0.25) is 14.8 Å². The van der Waals surface area contributed by atoms with Crippen LogP contribution in [0.25, 0.3) is 10.9 Å². The molecule has 0 aliphatic heterocycles. The molecular formula is C20H22N4O. The monoisotopic (exact) mass is 334 g/mol. The highest BCUT2D eigenvalue weighted by atomic mass is 16.1. The summed E-state index contributed by atoms with van der Waals surface area (Å²) in [6.45, 7) is 2.83. The van der Waals surface area contributed by atoms with Gasteiger partial charge in [0, 0.05) is 24.3 Å². The van der Waals surface area contributed by atoms with Crippen molar-refractivity contribution in [3.63, 3.8) is 0 Å². The summed E-state index contributed by atoms with van der Waals surface area (Å²) in [5, 5.41) is 7.31. The van der Waals surface area contributed by atoms with Crippen molar-refractivity contribution in [1.82, 2.24) is 15.3 Å². The predicted octanol–water partition coefficient (Wildman–Crippen LogP) is 4.29. The molecule has 5 nitrogen and oxygen atoms in total. The van der Waals surface area contributed by atoms with Crippen LogP contribution in [0.3, 0.4) is 0 Å². The van der Waals surface area contributed by atoms with Gasteiger partial charge in [-0.1, -0.05) is 38.0 Å². The predicted molar refractivity (Wildman–Crippen MR) is 101 cm³/mol. The lowest BCUT2D eigenvalue weighted by Gasteiger charge is -2.10. The zero-order valence-corrected chi connectivity index (χ0v) is 14.3. The summed E-state index contributed by atoms with van der Waals surface area (Å²) in [7, 11) is 0. The lowest BCUT2D eigenvalue weighted by Crippen LogP contribution is -2.24. The Bertz CT molecular complexity index is 858. The Labute approximate surface area is 147 Å². The van der Waals surface area contributed by atoms with Crippen LogP contribution in [0, 0.1) is 0 Å². The van der Waals surface area contributed by atoms with Gasteiger partial charge in [0.05, 0.1) is 28.7 Å². The average molecular weight is 334 g/mol. The van der Waals surface area contributed by atoms with Gasteiger partial charge in [0.25, 0.3) is 5.91 Å². The summed E-state index contributed by atoms with van der Waals surface area (Å²) in [4.78, 5) is 20.8. The second kappa shape index (κ2) is 8.24. The molecule has 2 N–H and O–H groups in total. The summed E-state index contributed by atoms with van der Waals surface area (Å²) in [6, 6.07) is 11.7. The topological polar surface area (TPSA) is 66.9 Å². The molecular weight excluding hydrogens is 312 g/mol. The van der Waals surface area contributed by atoms with Crippen LogP contribution in [0.1, 0.15) is 36.5 Å². The van der Waals surface area contributed by atoms with Gasteiger partial charge in [-0.2, -0.15) is 0 Å². The van der Waals surface area contributed by atoms with E-state index >= 15 is 0 Å². The molecule has 2 heterocycles. The fourth-order valence-corrected chi connectivity index (χ4v) is 2.67. The number of anilines is 2. The van der Waals surface area contributed by atoms with E-state index in [1.54, 1.807) is 18.6 Å². The first kappa shape index (κ1) is 16.9. The first-order chi connectivity index (χ1) is 12.3. The molecule has 0 aliphatic rings. The maximum Gasteiger partial charge on any atom is 0.252 e. The van der Waals surface area contributed by atoms with Gasteiger partial charge in [0.1, 0.15) is 0 Å². The van der Waals surface area contributed by atoms with E-state index in [1.807, 2.05) is 36.4 Å². The smallest absolute Gasteiger partial charge is 0.252 e. The second-order valence-electron chi connectivity index (χ2n) is 5.93. The number of unbranched alkanes of at least 4 members (excludes halogenated alkanes) is 2. The third kappa shape index (κ3) is 4.32. The van der Waals surface area contributed by atoms with Crippen LogP contribution in [0.4, 0.5) is 11.4 Å². The SMILES string of the molecule is CCCCCNC(=O)c1cncc(Nc2cccc3cccnc23)c1. The Balaban J connectivity index is 1.74. The van der Waals surface area contributed by atoms with Crippen LogP contribution < -0.4 is 10.6 Å². The normalized spacial score (nSPS) is 10.6. The number of amides is 1. The lowest BCUT2D eigenvalue weighted by atomic mass is 10.2. The summed E-state index contributed by atoms with van der Waals surface area (Å²) in [6.07, 6.45) is 8.31. The summed E-state index contributed by atoms with van der Waals surface area (Å²) < 4.78 is 0. The van der Waals surface area contributed by atoms with Gasteiger partial charge in [-0.25, -0.2) is 0 Å². The van der Waals surface area contributed by atoms with E-state index in [9.17, 15) is 4.79 Å². The van der Waals surface area contributed by atoms with Crippen LogP contribution in [-0.4, -0.2) is 22.4 Å². The Kier molecular flexibility index (Phi) is 5.57. The van der Waals surface area contributed by atoms with Crippen LogP contribution in [0.5, 0.6) is 0 Å². The quantitative estimate of drug-likeness (QED) is 0.632. The Morgan fingerprint density at radius 3 is 2.88 bits per heavy atom. The van der Waals surface area contributed by atoms with Gasteiger partial charge in [0.15, 0.2) is 0 Å². The maximum absolute atomic E-state index is 12.2. The molecule has 0 atom stereocenters. The largest absolute Gasteiger partial charge is 0.352 e. The van der Waals surface area contributed by atoms with Crippen molar-refractivity contribution in [2.75, 3.05) is 11.9 Å². The molecule has 1 aromatic carbocycles. The molecule has 0 aliphatic carbocycles. The van der Waals surface area contributed by atoms with Gasteiger partial charge in [-0.05, 0) is 24.6 Å². The zero-order chi connectivity index (χ0) is 17.5. The number of benzene rings is 1. The number of fused-ring (bicyclic) bond motifs is 1. The summed E-state index contributed by atoms with van der Waals surface area (Å²) >= 11 is 0. The first-order valence-corrected chi connectivity index (χ1v) is 8.62. The summed E-state index contributed by atoms with van der Waals surface area (Å²) in [5.74, 6) is -0.0942. The third-order valence-electron chi connectivity index (χ3n) is 3.98. The Hall–Kier alpha value is -2.95. The highest BCUT2D eigenvalue weighted by Crippen LogP contribution is 2.24. The van der Waals surface area contributed by atoms with E-state index in [-0.39, 0.29) is 5.91 Å². The van der Waals surface area contributed by atoms with E-state index in [4.69, 9.17) is 0 Å². The molecule has 0 bridgehead atoms. The van der Waals surface area contributed by atoms with E-state index < -0.39 is 0 Å². The molecule has 0 spiro atoms. The van der Waals surface area contributed by atoms with Crippen LogP contribution in [0.15, 0.2) is 55.0 Å². The van der Waals surface area contributed by atoms with E-state index in [2.05, 4.69) is 27.5 Å². The van der Waals surface area contributed by atoms with Gasteiger partial charge >= 0.3 is 0 Å². The molecule has 128 valence electrons. The van der Waals surface area contributed by atoms with Crippen molar-refractivity contribution < 1.29 is 4.79 Å². The van der Waals surface area contributed by atoms with Crippen molar-refractivity contribution in [3.05, 3.63) is 60.6 Å². The maximum atomic E-state index is 12.2. The number of rotatable bonds is 7. The fourth-order valence-electron chi connectivity index (χ4n) is 2.67. The van der Waals surface area contributed by atoms with Crippen LogP contribution in [0.2, 0.25) is 0 Å². The standard InChI is InChI=1S/C20H22N4O/c1-2-3-4-10-23-20(25)16-12-17(14-21-13-16)24-18-9-5-7-15-8-6-11-22-19(15)18/h5-9,11-14,24H,2-4,10H2,1H3,(H,23,25). The van der Waals surface area contributed by atoms with Crippen molar-refractivity contribution in [2.24, 2.45) is 0 Å². The van der Waals surface area contributed by atoms with E-state index in [0.29, 0.717) is 12.1 Å². The molecule has 0 radical (unpaired) electrons. The van der Waals surface area contributed by atoms with Crippen LogP contribution >= 0.6 is 0 Å². The number of nitrogens with one attached hydrogen (secondary N) is 2. The molecule has 3 aromatic rings. The van der Waals surface area contributed by atoms with Crippen molar-refractivity contribution in [3.8, 4) is 0 Å². The molecule has 1 amide bonds. The molecule has 5 heteroatoms. The molecule has 0 unspecified atom stereocenters. The molecule has 3 rings (SSSR count). The molecule has 25 heavy (non-hydrogen) atoms. The highest BCUT2D eigenvalue weighted by Gasteiger charge is 2.08. The number of carbonyl (C=O) groups excluding carboxylic acids is 1. The van der Waals surface area contributed by atoms with E-state index in [0.717, 1.165) is 41.5 Å². The minimum atomic E-state index is -0.0942. The average Bonchev–Trinajstić information content (AvgIpc) is 2.66. The molecule has 2 aromatic heterocycles. The second-order valence-corrected chi connectivity index (χ2v) is 5.93. The lowest BCUT2D eigenvalue weighted by molar-refractivity contribution is 0.0952. The summed E-state index contributed by atoms with van der Waals surface area (Å²) in [5.41, 5.74) is 3.09. The number of aromatic nitrogens is 2. The van der Waals surface area contributed by atoms with Gasteiger partial charge in [-0.15, -0.1) is 0 Å². The molecule has 0 fully saturated rings. The van der Waals surface area contributed by atoms with Crippen molar-refractivity contribution >= 4 is 28.2 Å². The minimum Gasteiger partial charge on any atom is -0.352 e. The minimum absolute atomic E-state index is 0.0942. The zero-order valence-electron chi connectivity index (χ0n) is 14.3. The molecule has 0 saturated heterocycles. The Morgan fingerprint density at radius 1 is 1.12 bits per heavy atom. The first-order valence-electron chi connectivity index (χ1n) is 8.62. The van der Waals surface area contributed by atoms with Crippen molar-refractivity contribution in [2.45, 2.75) is 26.2 Å². The number of hydrogen-bond acceptors (Lipinski definition) is 4.